The number of amides is 1. The molecule has 0 fully saturated rings. The van der Waals surface area contributed by atoms with Crippen molar-refractivity contribution in [3.63, 3.8) is 0 Å². The lowest BCUT2D eigenvalue weighted by molar-refractivity contribution is 0.0799. The highest BCUT2D eigenvalue weighted by Gasteiger charge is 2.14. The van der Waals surface area contributed by atoms with Crippen LogP contribution in [-0.4, -0.2) is 39.6 Å². The van der Waals surface area contributed by atoms with E-state index in [1.165, 1.54) is 4.90 Å². The van der Waals surface area contributed by atoms with Gasteiger partial charge in [-0.1, -0.05) is 6.08 Å². The minimum atomic E-state index is -0.260. The van der Waals surface area contributed by atoms with Gasteiger partial charge in [0.2, 0.25) is 11.8 Å². The maximum atomic E-state index is 11.4. The molecule has 0 aromatic carbocycles. The Hall–Kier alpha value is -1.85. The molecule has 0 spiro atoms. The van der Waals surface area contributed by atoms with Gasteiger partial charge < -0.3 is 10.6 Å². The van der Waals surface area contributed by atoms with Gasteiger partial charge in [0.25, 0.3) is 5.91 Å². The van der Waals surface area contributed by atoms with E-state index in [1.807, 2.05) is 0 Å². The Labute approximate surface area is 75.4 Å². The van der Waals surface area contributed by atoms with Crippen LogP contribution in [0.1, 0.15) is 10.6 Å². The zero-order chi connectivity index (χ0) is 9.84. The minimum Gasteiger partial charge on any atom is -0.366 e. The van der Waals surface area contributed by atoms with E-state index >= 15 is 0 Å². The topological polar surface area (TPSA) is 87.9 Å². The average Bonchev–Trinajstić information content (AvgIpc) is 2.51. The summed E-state index contributed by atoms with van der Waals surface area (Å²) in [5.74, 6) is -0.0543. The maximum Gasteiger partial charge on any atom is 0.291 e. The molecule has 0 unspecified atom stereocenters. The highest BCUT2D eigenvalue weighted by Crippen LogP contribution is 1.97. The fourth-order valence-electron chi connectivity index (χ4n) is 0.828. The molecule has 0 aliphatic heterocycles. The van der Waals surface area contributed by atoms with Gasteiger partial charge in [-0.05, 0) is 0 Å². The number of nitrogens with one attached hydrogen (secondary N) is 1. The zero-order valence-electron chi connectivity index (χ0n) is 7.32. The molecule has 1 aromatic heterocycles. The van der Waals surface area contributed by atoms with Crippen LogP contribution in [0.2, 0.25) is 0 Å². The van der Waals surface area contributed by atoms with Gasteiger partial charge in [0.1, 0.15) is 0 Å². The Morgan fingerprint density at radius 1 is 1.85 bits per heavy atom. The Balaban J connectivity index is 2.73. The third-order valence-corrected chi connectivity index (χ3v) is 1.45. The van der Waals surface area contributed by atoms with E-state index in [-0.39, 0.29) is 17.7 Å². The van der Waals surface area contributed by atoms with Crippen LogP contribution in [0.5, 0.6) is 0 Å². The number of anilines is 1. The molecule has 6 heteroatoms. The van der Waals surface area contributed by atoms with Gasteiger partial charge in [-0.25, -0.2) is 0 Å². The molecule has 0 bridgehead atoms. The second kappa shape index (κ2) is 3.70. The number of aromatic nitrogens is 3. The summed E-state index contributed by atoms with van der Waals surface area (Å²) in [5.41, 5.74) is 5.25. The number of H-pyrrole nitrogens is 1. The number of nitrogens with two attached hydrogens (primary N) is 1. The van der Waals surface area contributed by atoms with Crippen LogP contribution in [0.25, 0.3) is 0 Å². The summed E-state index contributed by atoms with van der Waals surface area (Å²) >= 11 is 0. The van der Waals surface area contributed by atoms with Crippen LogP contribution >= 0.6 is 0 Å². The Kier molecular flexibility index (Phi) is 2.63. The molecule has 1 heterocycles. The minimum absolute atomic E-state index is 0.0651. The molecule has 13 heavy (non-hydrogen) atoms. The van der Waals surface area contributed by atoms with Crippen LogP contribution in [0.15, 0.2) is 12.7 Å². The SMILES string of the molecule is C=CCN(C)C(=O)c1nc(N)n[nH]1. The Morgan fingerprint density at radius 3 is 3.00 bits per heavy atom. The van der Waals surface area contributed by atoms with E-state index in [1.54, 1.807) is 13.1 Å². The summed E-state index contributed by atoms with van der Waals surface area (Å²) in [6.45, 7) is 3.97. The van der Waals surface area contributed by atoms with Gasteiger partial charge in [-0.2, -0.15) is 4.98 Å². The largest absolute Gasteiger partial charge is 0.366 e. The van der Waals surface area contributed by atoms with Gasteiger partial charge in [-0.15, -0.1) is 11.7 Å². The van der Waals surface area contributed by atoms with Crippen LogP contribution in [0.4, 0.5) is 5.95 Å². The number of carbonyl (C=O) groups excluding carboxylic acids is 1. The number of likely N-dealkylation sites (N-methyl/N-ethyl adjacent to an activating group) is 1. The smallest absolute Gasteiger partial charge is 0.291 e. The van der Waals surface area contributed by atoms with Gasteiger partial charge in [0.05, 0.1) is 0 Å². The molecule has 0 saturated heterocycles. The lowest BCUT2D eigenvalue weighted by Crippen LogP contribution is -2.27. The third-order valence-electron chi connectivity index (χ3n) is 1.45. The Bertz CT molecular complexity index is 318. The fraction of sp³-hybridized carbons (Fsp3) is 0.286. The lowest BCUT2D eigenvalue weighted by Gasteiger charge is -2.11. The zero-order valence-corrected chi connectivity index (χ0v) is 7.32. The predicted octanol–water partition coefficient (Wildman–Crippen LogP) is -0.355. The summed E-state index contributed by atoms with van der Waals surface area (Å²) in [7, 11) is 1.64. The monoisotopic (exact) mass is 181 g/mol. The molecule has 0 aliphatic rings. The first-order valence-electron chi connectivity index (χ1n) is 3.69. The first-order valence-corrected chi connectivity index (χ1v) is 3.69. The molecule has 3 N–H and O–H groups in total. The summed E-state index contributed by atoms with van der Waals surface area (Å²) in [6, 6.07) is 0. The van der Waals surface area contributed by atoms with Crippen molar-refractivity contribution in [2.75, 3.05) is 19.3 Å². The molecule has 0 aliphatic carbocycles. The number of aromatic amines is 1. The number of nitrogen functional groups attached to an aromatic ring is 1. The van der Waals surface area contributed by atoms with Crippen molar-refractivity contribution in [2.45, 2.75) is 0 Å². The van der Waals surface area contributed by atoms with Crippen molar-refractivity contribution in [1.29, 1.82) is 0 Å². The highest BCUT2D eigenvalue weighted by molar-refractivity contribution is 5.90. The number of hydrogen-bond donors (Lipinski definition) is 2. The third kappa shape index (κ3) is 2.05. The van der Waals surface area contributed by atoms with E-state index in [9.17, 15) is 4.79 Å². The van der Waals surface area contributed by atoms with E-state index in [0.29, 0.717) is 6.54 Å². The van der Waals surface area contributed by atoms with E-state index in [2.05, 4.69) is 21.8 Å². The molecule has 0 atom stereocenters. The summed E-state index contributed by atoms with van der Waals surface area (Å²) in [5, 5.41) is 5.98. The lowest BCUT2D eigenvalue weighted by atomic mass is 10.4. The molecule has 1 amide bonds. The average molecular weight is 181 g/mol. The molecular weight excluding hydrogens is 170 g/mol. The van der Waals surface area contributed by atoms with Crippen LogP contribution < -0.4 is 5.73 Å². The summed E-state index contributed by atoms with van der Waals surface area (Å²) < 4.78 is 0. The van der Waals surface area contributed by atoms with Crippen molar-refractivity contribution in [3.05, 3.63) is 18.5 Å². The van der Waals surface area contributed by atoms with Crippen molar-refractivity contribution in [2.24, 2.45) is 0 Å². The van der Waals surface area contributed by atoms with Gasteiger partial charge in [-0.3, -0.25) is 9.89 Å². The predicted molar refractivity (Wildman–Crippen MR) is 48.0 cm³/mol. The van der Waals surface area contributed by atoms with E-state index in [0.717, 1.165) is 0 Å². The van der Waals surface area contributed by atoms with E-state index < -0.39 is 0 Å². The fourth-order valence-corrected chi connectivity index (χ4v) is 0.828. The molecule has 6 nitrogen and oxygen atoms in total. The molecule has 0 radical (unpaired) electrons. The number of carbonyl (C=O) groups is 1. The second-order valence-corrected chi connectivity index (χ2v) is 2.52. The Morgan fingerprint density at radius 2 is 2.54 bits per heavy atom. The summed E-state index contributed by atoms with van der Waals surface area (Å²) in [4.78, 5) is 16.6. The molecule has 70 valence electrons. The van der Waals surface area contributed by atoms with Crippen LogP contribution in [-0.2, 0) is 0 Å². The van der Waals surface area contributed by atoms with Gasteiger partial charge in [0.15, 0.2) is 0 Å². The van der Waals surface area contributed by atoms with Gasteiger partial charge in [0, 0.05) is 13.6 Å². The first kappa shape index (κ1) is 9.24. The number of rotatable bonds is 3. The highest BCUT2D eigenvalue weighted by atomic mass is 16.2. The van der Waals surface area contributed by atoms with Crippen LogP contribution in [0.3, 0.4) is 0 Å². The quantitative estimate of drug-likeness (QED) is 0.623. The van der Waals surface area contributed by atoms with Crippen molar-refractivity contribution in [1.82, 2.24) is 20.1 Å². The first-order chi connectivity index (χ1) is 6.15. The molecule has 1 aromatic rings. The van der Waals surface area contributed by atoms with Crippen molar-refractivity contribution >= 4 is 11.9 Å². The maximum absolute atomic E-state index is 11.4. The van der Waals surface area contributed by atoms with Crippen molar-refractivity contribution in [3.8, 4) is 0 Å². The van der Waals surface area contributed by atoms with Gasteiger partial charge >= 0.3 is 0 Å². The normalized spacial score (nSPS) is 9.62. The van der Waals surface area contributed by atoms with Crippen molar-refractivity contribution < 1.29 is 4.79 Å². The number of hydrogen-bond acceptors (Lipinski definition) is 4. The summed E-state index contributed by atoms with van der Waals surface area (Å²) in [6.07, 6.45) is 1.62. The molecular formula is C7H11N5O. The molecule has 0 saturated carbocycles. The van der Waals surface area contributed by atoms with Crippen LogP contribution in [0, 0.1) is 0 Å². The second-order valence-electron chi connectivity index (χ2n) is 2.52. The standard InChI is InChI=1S/C7H11N5O/c1-3-4-12(2)6(13)5-9-7(8)11-10-5/h3H,1,4H2,2H3,(H3,8,9,10,11). The van der Waals surface area contributed by atoms with E-state index in [4.69, 9.17) is 5.73 Å². The number of nitrogens with zero attached hydrogens (tertiary/aromatic N) is 3. The molecule has 1 rings (SSSR count).